The lowest BCUT2D eigenvalue weighted by atomic mass is 10.0. The molecule has 0 aromatic heterocycles. The minimum absolute atomic E-state index is 0.199. The summed E-state index contributed by atoms with van der Waals surface area (Å²) < 4.78 is 15.9. The smallest absolute Gasteiger partial charge is 0.0774 e. The highest BCUT2D eigenvalue weighted by Gasteiger charge is 2.19. The Bertz CT molecular complexity index is 138. The Balaban J connectivity index is 3.29. The van der Waals surface area contributed by atoms with Crippen LogP contribution < -0.4 is 5.73 Å². The van der Waals surface area contributed by atoms with Gasteiger partial charge in [0, 0.05) is 26.9 Å². The summed E-state index contributed by atoms with van der Waals surface area (Å²) in [5.41, 5.74) is 5.42. The van der Waals surface area contributed by atoms with E-state index in [2.05, 4.69) is 6.92 Å². The van der Waals surface area contributed by atoms with Gasteiger partial charge in [-0.2, -0.15) is 0 Å². The summed E-state index contributed by atoms with van der Waals surface area (Å²) in [6.07, 6.45) is 1.85. The van der Waals surface area contributed by atoms with Crippen LogP contribution in [0.4, 0.5) is 0 Å². The molecule has 2 N–H and O–H groups in total. The lowest BCUT2D eigenvalue weighted by Gasteiger charge is -2.26. The highest BCUT2D eigenvalue weighted by Crippen LogP contribution is 2.12. The van der Waals surface area contributed by atoms with Crippen molar-refractivity contribution < 1.29 is 14.2 Å². The molecule has 0 saturated carbocycles. The summed E-state index contributed by atoms with van der Waals surface area (Å²) in [6, 6.07) is 0. The fourth-order valence-electron chi connectivity index (χ4n) is 1.06. The molecule has 0 rings (SSSR count). The SMILES string of the molecule is CCC(C)(CN)OCCOCCCOC. The van der Waals surface area contributed by atoms with Gasteiger partial charge in [-0.05, 0) is 19.8 Å². The maximum Gasteiger partial charge on any atom is 0.0774 e. The molecule has 0 aromatic rings. The average Bonchev–Trinajstić information content (AvgIpc) is 2.27. The van der Waals surface area contributed by atoms with Crippen LogP contribution in [0.2, 0.25) is 0 Å². The first-order chi connectivity index (χ1) is 7.18. The highest BCUT2D eigenvalue weighted by atomic mass is 16.5. The van der Waals surface area contributed by atoms with Crippen LogP contribution in [-0.4, -0.2) is 45.7 Å². The van der Waals surface area contributed by atoms with Crippen LogP contribution in [0, 0.1) is 0 Å². The first kappa shape index (κ1) is 14.8. The van der Waals surface area contributed by atoms with E-state index in [1.165, 1.54) is 0 Å². The zero-order chi connectivity index (χ0) is 11.6. The van der Waals surface area contributed by atoms with Gasteiger partial charge in [-0.3, -0.25) is 0 Å². The maximum absolute atomic E-state index is 5.65. The molecule has 1 unspecified atom stereocenters. The van der Waals surface area contributed by atoms with E-state index in [-0.39, 0.29) is 5.60 Å². The van der Waals surface area contributed by atoms with Crippen molar-refractivity contribution >= 4 is 0 Å². The molecule has 0 aliphatic heterocycles. The molecule has 0 aliphatic carbocycles. The van der Waals surface area contributed by atoms with E-state index in [0.717, 1.165) is 26.1 Å². The molecule has 0 aliphatic rings. The Kier molecular flexibility index (Phi) is 9.00. The third kappa shape index (κ3) is 7.73. The van der Waals surface area contributed by atoms with Crippen molar-refractivity contribution in [1.82, 2.24) is 0 Å². The molecule has 92 valence electrons. The lowest BCUT2D eigenvalue weighted by Crippen LogP contribution is -2.37. The summed E-state index contributed by atoms with van der Waals surface area (Å²) in [5.74, 6) is 0. The van der Waals surface area contributed by atoms with Crippen LogP contribution in [-0.2, 0) is 14.2 Å². The van der Waals surface area contributed by atoms with Gasteiger partial charge >= 0.3 is 0 Å². The number of hydrogen-bond donors (Lipinski definition) is 1. The highest BCUT2D eigenvalue weighted by molar-refractivity contribution is 4.73. The van der Waals surface area contributed by atoms with E-state index in [0.29, 0.717) is 19.8 Å². The van der Waals surface area contributed by atoms with Crippen molar-refractivity contribution in [1.29, 1.82) is 0 Å². The van der Waals surface area contributed by atoms with E-state index in [1.807, 2.05) is 6.92 Å². The molecule has 0 amide bonds. The van der Waals surface area contributed by atoms with E-state index in [9.17, 15) is 0 Å². The van der Waals surface area contributed by atoms with Crippen LogP contribution in [0.3, 0.4) is 0 Å². The summed E-state index contributed by atoms with van der Waals surface area (Å²) in [7, 11) is 1.69. The molecule has 0 fully saturated rings. The normalized spacial score (nSPS) is 15.2. The number of hydrogen-bond acceptors (Lipinski definition) is 4. The minimum Gasteiger partial charge on any atom is -0.385 e. The molecule has 0 spiro atoms. The molecular weight excluding hydrogens is 194 g/mol. The second-order valence-corrected chi connectivity index (χ2v) is 3.81. The van der Waals surface area contributed by atoms with Crippen molar-refractivity contribution in [2.45, 2.75) is 32.3 Å². The van der Waals surface area contributed by atoms with Gasteiger partial charge in [0.25, 0.3) is 0 Å². The molecule has 15 heavy (non-hydrogen) atoms. The van der Waals surface area contributed by atoms with E-state index >= 15 is 0 Å². The standard InChI is InChI=1S/C11H25NO3/c1-4-11(2,10-12)15-9-8-14-7-5-6-13-3/h4-10,12H2,1-3H3. The van der Waals surface area contributed by atoms with E-state index < -0.39 is 0 Å². The molecule has 0 saturated heterocycles. The van der Waals surface area contributed by atoms with Gasteiger partial charge in [0.2, 0.25) is 0 Å². The molecule has 0 bridgehead atoms. The van der Waals surface area contributed by atoms with Crippen LogP contribution in [0.25, 0.3) is 0 Å². The van der Waals surface area contributed by atoms with Gasteiger partial charge in [0.15, 0.2) is 0 Å². The van der Waals surface area contributed by atoms with Crippen molar-refractivity contribution in [3.8, 4) is 0 Å². The Morgan fingerprint density at radius 3 is 2.40 bits per heavy atom. The summed E-state index contributed by atoms with van der Waals surface area (Å²) in [6.45, 7) is 7.35. The largest absolute Gasteiger partial charge is 0.385 e. The Labute approximate surface area is 93.1 Å². The quantitative estimate of drug-likeness (QED) is 0.561. The summed E-state index contributed by atoms with van der Waals surface area (Å²) >= 11 is 0. The second kappa shape index (κ2) is 9.09. The zero-order valence-corrected chi connectivity index (χ0v) is 10.3. The van der Waals surface area contributed by atoms with Gasteiger partial charge in [-0.25, -0.2) is 0 Å². The fourth-order valence-corrected chi connectivity index (χ4v) is 1.06. The van der Waals surface area contributed by atoms with Gasteiger partial charge in [0.1, 0.15) is 0 Å². The Hall–Kier alpha value is -0.160. The third-order valence-corrected chi connectivity index (χ3v) is 2.50. The molecule has 4 nitrogen and oxygen atoms in total. The first-order valence-electron chi connectivity index (χ1n) is 5.59. The van der Waals surface area contributed by atoms with Crippen LogP contribution >= 0.6 is 0 Å². The summed E-state index contributed by atoms with van der Waals surface area (Å²) in [5, 5.41) is 0. The Morgan fingerprint density at radius 2 is 1.87 bits per heavy atom. The second-order valence-electron chi connectivity index (χ2n) is 3.81. The molecule has 4 heteroatoms. The van der Waals surface area contributed by atoms with Gasteiger partial charge in [0.05, 0.1) is 18.8 Å². The predicted molar refractivity (Wildman–Crippen MR) is 61.0 cm³/mol. The number of rotatable bonds is 10. The maximum atomic E-state index is 5.65. The van der Waals surface area contributed by atoms with Gasteiger partial charge in [-0.15, -0.1) is 0 Å². The lowest BCUT2D eigenvalue weighted by molar-refractivity contribution is -0.0543. The van der Waals surface area contributed by atoms with E-state index in [1.54, 1.807) is 7.11 Å². The Morgan fingerprint density at radius 1 is 1.13 bits per heavy atom. The van der Waals surface area contributed by atoms with Gasteiger partial charge < -0.3 is 19.9 Å². The molecule has 1 atom stereocenters. The molecule has 0 aromatic carbocycles. The van der Waals surface area contributed by atoms with Crippen LogP contribution in [0.5, 0.6) is 0 Å². The molecule has 0 heterocycles. The van der Waals surface area contributed by atoms with Crippen molar-refractivity contribution in [3.05, 3.63) is 0 Å². The number of nitrogens with two attached hydrogens (primary N) is 1. The third-order valence-electron chi connectivity index (χ3n) is 2.50. The summed E-state index contributed by atoms with van der Waals surface area (Å²) in [4.78, 5) is 0. The number of ether oxygens (including phenoxy) is 3. The molecule has 0 radical (unpaired) electrons. The average molecular weight is 219 g/mol. The van der Waals surface area contributed by atoms with Crippen LogP contribution in [0.15, 0.2) is 0 Å². The topological polar surface area (TPSA) is 53.7 Å². The minimum atomic E-state index is -0.199. The number of methoxy groups -OCH3 is 1. The fraction of sp³-hybridized carbons (Fsp3) is 1.00. The first-order valence-corrected chi connectivity index (χ1v) is 5.59. The van der Waals surface area contributed by atoms with Crippen LogP contribution in [0.1, 0.15) is 26.7 Å². The zero-order valence-electron chi connectivity index (χ0n) is 10.3. The predicted octanol–water partition coefficient (Wildman–Crippen LogP) is 1.18. The van der Waals surface area contributed by atoms with Crippen molar-refractivity contribution in [2.75, 3.05) is 40.1 Å². The monoisotopic (exact) mass is 219 g/mol. The molecular formula is C11H25NO3. The van der Waals surface area contributed by atoms with Crippen molar-refractivity contribution in [3.63, 3.8) is 0 Å². The van der Waals surface area contributed by atoms with Crippen molar-refractivity contribution in [2.24, 2.45) is 5.73 Å². The van der Waals surface area contributed by atoms with Gasteiger partial charge in [-0.1, -0.05) is 6.92 Å². The van der Waals surface area contributed by atoms with E-state index in [4.69, 9.17) is 19.9 Å².